The maximum Gasteiger partial charge on any atom is 0.249 e. The molecule has 0 saturated carbocycles. The quantitative estimate of drug-likeness (QED) is 0.863. The minimum atomic E-state index is -0.635. The molecule has 2 heterocycles. The van der Waals surface area contributed by atoms with E-state index in [1.165, 1.54) is 7.11 Å². The molecule has 1 amide bonds. The summed E-state index contributed by atoms with van der Waals surface area (Å²) in [6.07, 6.45) is 3.40. The largest absolute Gasteiger partial charge is 0.372 e. The Morgan fingerprint density at radius 2 is 2.15 bits per heavy atom. The number of nitrogens with one attached hydrogen (secondary N) is 2. The molecule has 136 valence electrons. The summed E-state index contributed by atoms with van der Waals surface area (Å²) < 4.78 is 5.18. The summed E-state index contributed by atoms with van der Waals surface area (Å²) in [5.74, 6) is 0.189. The fourth-order valence-electron chi connectivity index (χ4n) is 3.62. The van der Waals surface area contributed by atoms with Gasteiger partial charge in [0.15, 0.2) is 0 Å². The number of carbonyl (C=O) groups is 1. The number of piperidine rings is 1. The monoisotopic (exact) mass is 353 g/mol. The van der Waals surface area contributed by atoms with E-state index >= 15 is 0 Å². The lowest BCUT2D eigenvalue weighted by Gasteiger charge is -2.42. The standard InChI is InChI=1S/C19H23N5O2/c1-12-8-19(11-21-10-12,24-18(25)13(2)26-3)15-5-4-14(9-20)16-17(15)23-7-6-22-16/h4-7,12-13,21H,8,10-11H2,1-3H3,(H,24,25)/t12-,13-,19-/m0/s1. The average molecular weight is 353 g/mol. The van der Waals surface area contributed by atoms with Crippen LogP contribution in [0.2, 0.25) is 0 Å². The number of ether oxygens (including phenoxy) is 1. The Morgan fingerprint density at radius 3 is 2.81 bits per heavy atom. The van der Waals surface area contributed by atoms with Gasteiger partial charge in [-0.1, -0.05) is 13.0 Å². The molecule has 3 rings (SSSR count). The van der Waals surface area contributed by atoms with E-state index in [1.807, 2.05) is 6.07 Å². The Kier molecular flexibility index (Phi) is 5.16. The normalized spacial score (nSPS) is 24.0. The number of aromatic nitrogens is 2. The number of hydrogen-bond acceptors (Lipinski definition) is 6. The van der Waals surface area contributed by atoms with Gasteiger partial charge in [-0.05, 0) is 31.9 Å². The van der Waals surface area contributed by atoms with Crippen molar-refractivity contribution in [3.05, 3.63) is 35.7 Å². The van der Waals surface area contributed by atoms with Crippen LogP contribution in [-0.4, -0.2) is 42.2 Å². The van der Waals surface area contributed by atoms with Gasteiger partial charge in [0, 0.05) is 31.6 Å². The number of hydrogen-bond donors (Lipinski definition) is 2. The summed E-state index contributed by atoms with van der Waals surface area (Å²) in [6, 6.07) is 5.80. The van der Waals surface area contributed by atoms with Crippen molar-refractivity contribution < 1.29 is 9.53 Å². The highest BCUT2D eigenvalue weighted by Crippen LogP contribution is 2.35. The van der Waals surface area contributed by atoms with E-state index in [2.05, 4.69) is 33.6 Å². The third kappa shape index (κ3) is 3.26. The van der Waals surface area contributed by atoms with Crippen molar-refractivity contribution in [1.82, 2.24) is 20.6 Å². The first-order chi connectivity index (χ1) is 12.5. The van der Waals surface area contributed by atoms with E-state index in [4.69, 9.17) is 4.74 Å². The van der Waals surface area contributed by atoms with E-state index in [1.54, 1.807) is 25.4 Å². The zero-order chi connectivity index (χ0) is 18.7. The van der Waals surface area contributed by atoms with Crippen molar-refractivity contribution in [2.45, 2.75) is 31.9 Å². The molecule has 0 spiro atoms. The summed E-state index contributed by atoms with van der Waals surface area (Å²) in [5, 5.41) is 16.0. The third-order valence-electron chi connectivity index (χ3n) is 4.96. The molecule has 7 nitrogen and oxygen atoms in total. The minimum Gasteiger partial charge on any atom is -0.372 e. The summed E-state index contributed by atoms with van der Waals surface area (Å²) in [6.45, 7) is 5.33. The first kappa shape index (κ1) is 18.2. The molecule has 0 radical (unpaired) electrons. The molecule has 0 unspecified atom stereocenters. The van der Waals surface area contributed by atoms with Crippen LogP contribution >= 0.6 is 0 Å². The highest BCUT2D eigenvalue weighted by molar-refractivity contribution is 5.86. The zero-order valence-corrected chi connectivity index (χ0v) is 15.2. The Hall–Kier alpha value is -2.56. The van der Waals surface area contributed by atoms with Crippen molar-refractivity contribution in [2.75, 3.05) is 20.2 Å². The van der Waals surface area contributed by atoms with Gasteiger partial charge >= 0.3 is 0 Å². The topological polar surface area (TPSA) is 99.9 Å². The third-order valence-corrected chi connectivity index (χ3v) is 4.96. The van der Waals surface area contributed by atoms with Gasteiger partial charge in [-0.25, -0.2) is 0 Å². The molecule has 1 aromatic carbocycles. The van der Waals surface area contributed by atoms with Gasteiger partial charge in [-0.2, -0.15) is 5.26 Å². The lowest BCUT2D eigenvalue weighted by atomic mass is 9.78. The predicted molar refractivity (Wildman–Crippen MR) is 97.2 cm³/mol. The Balaban J connectivity index is 2.15. The van der Waals surface area contributed by atoms with Gasteiger partial charge in [0.25, 0.3) is 0 Å². The van der Waals surface area contributed by atoms with Crippen LogP contribution in [0.25, 0.3) is 11.0 Å². The lowest BCUT2D eigenvalue weighted by Crippen LogP contribution is -2.59. The molecular weight excluding hydrogens is 330 g/mol. The second kappa shape index (κ2) is 7.36. The fraction of sp³-hybridized carbons (Fsp3) is 0.474. The van der Waals surface area contributed by atoms with Crippen LogP contribution in [0.15, 0.2) is 24.5 Å². The van der Waals surface area contributed by atoms with E-state index in [9.17, 15) is 10.1 Å². The first-order valence-electron chi connectivity index (χ1n) is 8.70. The highest BCUT2D eigenvalue weighted by Gasteiger charge is 2.40. The van der Waals surface area contributed by atoms with Crippen molar-refractivity contribution in [3.63, 3.8) is 0 Å². The van der Waals surface area contributed by atoms with Crippen LogP contribution in [0.1, 0.15) is 31.4 Å². The number of carbonyl (C=O) groups excluding carboxylic acids is 1. The summed E-state index contributed by atoms with van der Waals surface area (Å²) >= 11 is 0. The summed E-state index contributed by atoms with van der Waals surface area (Å²) in [4.78, 5) is 21.5. The van der Waals surface area contributed by atoms with Gasteiger partial charge in [-0.3, -0.25) is 14.8 Å². The number of nitriles is 1. The molecule has 3 atom stereocenters. The van der Waals surface area contributed by atoms with E-state index in [0.29, 0.717) is 29.1 Å². The predicted octanol–water partition coefficient (Wildman–Crippen LogP) is 1.48. The molecule has 1 aliphatic heterocycles. The Labute approximate surface area is 152 Å². The fourth-order valence-corrected chi connectivity index (χ4v) is 3.62. The van der Waals surface area contributed by atoms with E-state index < -0.39 is 11.6 Å². The molecule has 1 fully saturated rings. The molecule has 1 aliphatic rings. The van der Waals surface area contributed by atoms with Crippen molar-refractivity contribution in [2.24, 2.45) is 5.92 Å². The second-order valence-corrected chi connectivity index (χ2v) is 6.92. The van der Waals surface area contributed by atoms with Crippen molar-refractivity contribution >= 4 is 16.9 Å². The molecule has 2 aromatic rings. The van der Waals surface area contributed by atoms with Gasteiger partial charge < -0.3 is 15.4 Å². The van der Waals surface area contributed by atoms with Crippen LogP contribution in [-0.2, 0) is 15.1 Å². The maximum atomic E-state index is 12.6. The number of nitrogens with zero attached hydrogens (tertiary/aromatic N) is 3. The van der Waals surface area contributed by atoms with Gasteiger partial charge in [0.05, 0.1) is 16.6 Å². The maximum absolute atomic E-state index is 12.6. The van der Waals surface area contributed by atoms with Crippen LogP contribution in [0.4, 0.5) is 0 Å². The molecular formula is C19H23N5O2. The number of rotatable bonds is 4. The molecule has 26 heavy (non-hydrogen) atoms. The molecule has 7 heteroatoms. The Bertz CT molecular complexity index is 863. The zero-order valence-electron chi connectivity index (χ0n) is 15.2. The van der Waals surface area contributed by atoms with Crippen LogP contribution < -0.4 is 10.6 Å². The van der Waals surface area contributed by atoms with Crippen molar-refractivity contribution in [3.8, 4) is 6.07 Å². The highest BCUT2D eigenvalue weighted by atomic mass is 16.5. The SMILES string of the molecule is CO[C@@H](C)C(=O)N[C@]1(c2ccc(C#N)c3nccnc23)CNC[C@@H](C)C1. The van der Waals surface area contributed by atoms with E-state index in [0.717, 1.165) is 18.5 Å². The smallest absolute Gasteiger partial charge is 0.249 e. The van der Waals surface area contributed by atoms with E-state index in [-0.39, 0.29) is 5.91 Å². The van der Waals surface area contributed by atoms with Crippen LogP contribution in [0.5, 0.6) is 0 Å². The summed E-state index contributed by atoms with van der Waals surface area (Å²) in [7, 11) is 1.52. The van der Waals surface area contributed by atoms with Crippen molar-refractivity contribution in [1.29, 1.82) is 5.26 Å². The molecule has 0 bridgehead atoms. The molecule has 1 aromatic heterocycles. The molecule has 0 aliphatic carbocycles. The average Bonchev–Trinajstić information content (AvgIpc) is 2.66. The number of fused-ring (bicyclic) bond motifs is 1. The van der Waals surface area contributed by atoms with Gasteiger partial charge in [0.1, 0.15) is 17.7 Å². The molecule has 2 N–H and O–H groups in total. The number of benzene rings is 1. The lowest BCUT2D eigenvalue weighted by molar-refractivity contribution is -0.132. The number of amides is 1. The van der Waals surface area contributed by atoms with Crippen LogP contribution in [0.3, 0.4) is 0 Å². The second-order valence-electron chi connectivity index (χ2n) is 6.92. The van der Waals surface area contributed by atoms with Gasteiger partial charge in [-0.15, -0.1) is 0 Å². The van der Waals surface area contributed by atoms with Gasteiger partial charge in [0.2, 0.25) is 5.91 Å². The number of methoxy groups -OCH3 is 1. The van der Waals surface area contributed by atoms with Crippen LogP contribution in [0, 0.1) is 17.2 Å². The first-order valence-corrected chi connectivity index (χ1v) is 8.70. The Morgan fingerprint density at radius 1 is 1.42 bits per heavy atom. The minimum absolute atomic E-state index is 0.176. The molecule has 1 saturated heterocycles. The summed E-state index contributed by atoms with van der Waals surface area (Å²) in [5.41, 5.74) is 1.91.